The molecule has 0 aliphatic rings. The van der Waals surface area contributed by atoms with Crippen molar-refractivity contribution in [2.45, 2.75) is 79.3 Å². The molecule has 4 amide bonds. The van der Waals surface area contributed by atoms with E-state index in [1.165, 1.54) is 13.1 Å². The molecule has 0 radical (unpaired) electrons. The van der Waals surface area contributed by atoms with Gasteiger partial charge >= 0.3 is 5.97 Å². The van der Waals surface area contributed by atoms with E-state index in [-0.39, 0.29) is 55.6 Å². The van der Waals surface area contributed by atoms with Crippen molar-refractivity contribution in [3.05, 3.63) is 92.5 Å². The summed E-state index contributed by atoms with van der Waals surface area (Å²) >= 11 is 0. The zero-order valence-corrected chi connectivity index (χ0v) is 33.8. The molecule has 58 heavy (non-hydrogen) atoms. The SMILES string of the molecule is CC(=O)NCCCOCCCNC(=O)CCC(=O)NCCCn1cc(C(=O)NC[C@H](Cc2c(C)cc(C)cc2C)C(=O)O)c(=O)c2ccc(CNc3ncc[nH]3)cc21. The number of aromatic nitrogens is 3. The van der Waals surface area contributed by atoms with E-state index in [9.17, 15) is 33.9 Å². The van der Waals surface area contributed by atoms with Crippen LogP contribution in [0.2, 0.25) is 0 Å². The van der Waals surface area contributed by atoms with Crippen molar-refractivity contribution in [2.75, 3.05) is 44.7 Å². The van der Waals surface area contributed by atoms with Crippen molar-refractivity contribution in [1.82, 2.24) is 35.8 Å². The first-order chi connectivity index (χ1) is 27.8. The second-order valence-corrected chi connectivity index (χ2v) is 14.4. The van der Waals surface area contributed by atoms with Crippen molar-refractivity contribution in [3.8, 4) is 0 Å². The van der Waals surface area contributed by atoms with Gasteiger partial charge in [-0.25, -0.2) is 4.98 Å². The van der Waals surface area contributed by atoms with Gasteiger partial charge in [-0.1, -0.05) is 23.8 Å². The number of pyridine rings is 1. The molecule has 0 saturated heterocycles. The molecule has 0 fully saturated rings. The molecule has 0 saturated carbocycles. The molecule has 2 aromatic heterocycles. The number of H-pyrrole nitrogens is 1. The Kier molecular flexibility index (Phi) is 17.4. The highest BCUT2D eigenvalue weighted by Gasteiger charge is 2.23. The average molecular weight is 801 g/mol. The van der Waals surface area contributed by atoms with Crippen LogP contribution in [0.15, 0.2) is 53.7 Å². The van der Waals surface area contributed by atoms with Crippen molar-refractivity contribution in [1.29, 1.82) is 0 Å². The number of hydrogen-bond donors (Lipinski definition) is 7. The number of aryl methyl sites for hydroxylation is 4. The monoisotopic (exact) mass is 800 g/mol. The summed E-state index contributed by atoms with van der Waals surface area (Å²) in [6, 6.07) is 9.33. The highest BCUT2D eigenvalue weighted by Crippen LogP contribution is 2.21. The molecule has 16 heteroatoms. The Hall–Kier alpha value is -6.03. The number of aliphatic carboxylic acids is 1. The number of imidazole rings is 1. The summed E-state index contributed by atoms with van der Waals surface area (Å²) in [6.07, 6.45) is 6.87. The summed E-state index contributed by atoms with van der Waals surface area (Å²) in [5.41, 5.74) is 4.81. The highest BCUT2D eigenvalue weighted by atomic mass is 16.5. The number of aromatic amines is 1. The largest absolute Gasteiger partial charge is 0.481 e. The van der Waals surface area contributed by atoms with Gasteiger partial charge in [-0.05, 0) is 80.8 Å². The van der Waals surface area contributed by atoms with Gasteiger partial charge < -0.3 is 46.0 Å². The van der Waals surface area contributed by atoms with Gasteiger partial charge in [0.05, 0.1) is 11.4 Å². The molecule has 0 unspecified atom stereocenters. The highest BCUT2D eigenvalue weighted by molar-refractivity contribution is 5.97. The molecule has 4 rings (SSSR count). The first-order valence-electron chi connectivity index (χ1n) is 19.6. The van der Waals surface area contributed by atoms with E-state index in [0.717, 1.165) is 27.8 Å². The molecular weight excluding hydrogens is 745 g/mol. The van der Waals surface area contributed by atoms with Crippen LogP contribution in [0.25, 0.3) is 10.9 Å². The maximum absolute atomic E-state index is 13.8. The Morgan fingerprint density at radius 2 is 1.53 bits per heavy atom. The first-order valence-corrected chi connectivity index (χ1v) is 19.6. The third kappa shape index (κ3) is 14.2. The van der Waals surface area contributed by atoms with E-state index in [4.69, 9.17) is 4.74 Å². The number of carbonyl (C=O) groups excluding carboxylic acids is 4. The topological polar surface area (TPSA) is 226 Å². The van der Waals surface area contributed by atoms with Crippen LogP contribution in [0.1, 0.15) is 77.2 Å². The molecule has 312 valence electrons. The number of nitrogens with one attached hydrogen (secondary N) is 6. The molecule has 0 bridgehead atoms. The second-order valence-electron chi connectivity index (χ2n) is 14.4. The van der Waals surface area contributed by atoms with E-state index in [1.807, 2.05) is 39.0 Å². The fourth-order valence-electron chi connectivity index (χ4n) is 6.60. The molecule has 0 aliphatic carbocycles. The summed E-state index contributed by atoms with van der Waals surface area (Å²) in [6.45, 7) is 10.2. The van der Waals surface area contributed by atoms with Gasteiger partial charge in [-0.15, -0.1) is 0 Å². The summed E-state index contributed by atoms with van der Waals surface area (Å²) in [5, 5.41) is 24.6. The first kappa shape index (κ1) is 44.7. The minimum atomic E-state index is -1.05. The van der Waals surface area contributed by atoms with E-state index in [1.54, 1.807) is 29.1 Å². The molecule has 2 heterocycles. The minimum absolute atomic E-state index is 0.0170. The number of nitrogens with zero attached hydrogens (tertiary/aromatic N) is 2. The number of carboxylic acid groups (broad SMARTS) is 1. The summed E-state index contributed by atoms with van der Waals surface area (Å²) in [5.74, 6) is -2.65. The molecule has 4 aromatic rings. The van der Waals surface area contributed by atoms with Gasteiger partial charge in [0.15, 0.2) is 5.95 Å². The summed E-state index contributed by atoms with van der Waals surface area (Å²) in [7, 11) is 0. The van der Waals surface area contributed by atoms with E-state index in [2.05, 4.69) is 36.6 Å². The van der Waals surface area contributed by atoms with Crippen LogP contribution < -0.4 is 32.0 Å². The molecule has 7 N–H and O–H groups in total. The molecule has 2 aromatic carbocycles. The number of hydrogen-bond acceptors (Lipinski definition) is 9. The van der Waals surface area contributed by atoms with Crippen LogP contribution in [0, 0.1) is 26.7 Å². The summed E-state index contributed by atoms with van der Waals surface area (Å²) in [4.78, 5) is 82.5. The standard InChI is InChI=1S/C42H56N8O8/c1-27-20-28(2)34(29(3)21-27)23-32(41(56)57)25-48-40(55)35-26-50(36-22-31(8-9-33(36)39(35)54)24-49-42-46-15-16-47-42)17-5-12-44-37(52)10-11-38(53)45-14-7-19-58-18-6-13-43-30(4)51/h8-9,15-16,20-22,26,32H,5-7,10-14,17-19,23-25H2,1-4H3,(H,43,51)(H,44,52)(H,45,53)(H,48,55)(H,56,57)(H2,46,47,49)/t32-/m0/s1. The van der Waals surface area contributed by atoms with Crippen molar-refractivity contribution >= 4 is 46.4 Å². The van der Waals surface area contributed by atoms with Crippen LogP contribution in [0.3, 0.4) is 0 Å². The van der Waals surface area contributed by atoms with Crippen molar-refractivity contribution in [3.63, 3.8) is 0 Å². The zero-order chi connectivity index (χ0) is 42.0. The Morgan fingerprint density at radius 1 is 0.879 bits per heavy atom. The minimum Gasteiger partial charge on any atom is -0.481 e. The predicted molar refractivity (Wildman–Crippen MR) is 221 cm³/mol. The van der Waals surface area contributed by atoms with E-state index < -0.39 is 23.2 Å². The predicted octanol–water partition coefficient (Wildman–Crippen LogP) is 3.27. The van der Waals surface area contributed by atoms with E-state index >= 15 is 0 Å². The number of fused-ring (bicyclic) bond motifs is 1. The summed E-state index contributed by atoms with van der Waals surface area (Å²) < 4.78 is 7.28. The zero-order valence-electron chi connectivity index (χ0n) is 33.8. The molecule has 1 atom stereocenters. The number of amides is 4. The fraction of sp³-hybridized carbons (Fsp3) is 0.452. The number of benzene rings is 2. The lowest BCUT2D eigenvalue weighted by Crippen LogP contribution is -2.36. The van der Waals surface area contributed by atoms with E-state index in [0.29, 0.717) is 75.5 Å². The van der Waals surface area contributed by atoms with Gasteiger partial charge in [-0.3, -0.25) is 28.8 Å². The average Bonchev–Trinajstić information content (AvgIpc) is 3.71. The lowest BCUT2D eigenvalue weighted by molar-refractivity contribution is -0.141. The van der Waals surface area contributed by atoms with Gasteiger partial charge in [0, 0.05) is 96.2 Å². The van der Waals surface area contributed by atoms with Crippen LogP contribution in [-0.4, -0.2) is 88.6 Å². The molecular formula is C42H56N8O8. The quantitative estimate of drug-likeness (QED) is 0.0512. The van der Waals surface area contributed by atoms with Crippen LogP contribution in [0.4, 0.5) is 5.95 Å². The maximum Gasteiger partial charge on any atom is 0.308 e. The maximum atomic E-state index is 13.8. The van der Waals surface area contributed by atoms with Gasteiger partial charge in [0.2, 0.25) is 23.2 Å². The lowest BCUT2D eigenvalue weighted by atomic mass is 9.91. The van der Waals surface area contributed by atoms with Gasteiger partial charge in [0.1, 0.15) is 5.56 Å². The van der Waals surface area contributed by atoms with Gasteiger partial charge in [0.25, 0.3) is 5.91 Å². The lowest BCUT2D eigenvalue weighted by Gasteiger charge is -2.18. The van der Waals surface area contributed by atoms with Crippen LogP contribution in [-0.2, 0) is 43.4 Å². The Morgan fingerprint density at radius 3 is 2.16 bits per heavy atom. The molecule has 0 spiro atoms. The number of anilines is 1. The normalized spacial score (nSPS) is 11.5. The van der Waals surface area contributed by atoms with Crippen LogP contribution in [0.5, 0.6) is 0 Å². The van der Waals surface area contributed by atoms with Crippen molar-refractivity contribution in [2.24, 2.45) is 5.92 Å². The number of ether oxygens (including phenoxy) is 1. The molecule has 16 nitrogen and oxygen atoms in total. The Labute approximate surface area is 337 Å². The second kappa shape index (κ2) is 22.6. The fourth-order valence-corrected chi connectivity index (χ4v) is 6.60. The van der Waals surface area contributed by atoms with Crippen molar-refractivity contribution < 1.29 is 33.8 Å². The van der Waals surface area contributed by atoms with Crippen LogP contribution >= 0.6 is 0 Å². The number of carbonyl (C=O) groups is 5. The Balaban J connectivity index is 1.35. The van der Waals surface area contributed by atoms with Gasteiger partial charge in [-0.2, -0.15) is 0 Å². The smallest absolute Gasteiger partial charge is 0.308 e. The third-order valence-corrected chi connectivity index (χ3v) is 9.60. The number of rotatable bonds is 24. The number of carboxylic acids is 1. The Bertz CT molecular complexity index is 2070. The molecule has 0 aliphatic heterocycles. The third-order valence-electron chi connectivity index (χ3n) is 9.60.